The van der Waals surface area contributed by atoms with Gasteiger partial charge in [-0.05, 0) is 37.8 Å². The molecule has 0 bridgehead atoms. The Morgan fingerprint density at radius 2 is 1.76 bits per heavy atom. The molecule has 2 rings (SSSR count). The van der Waals surface area contributed by atoms with Crippen molar-refractivity contribution < 1.29 is 26.7 Å². The minimum absolute atomic E-state index is 0.0220. The summed E-state index contributed by atoms with van der Waals surface area (Å²) in [5.74, 6) is -4.95. The van der Waals surface area contributed by atoms with Crippen LogP contribution in [0.25, 0.3) is 0 Å². The van der Waals surface area contributed by atoms with Crippen molar-refractivity contribution in [3.63, 3.8) is 0 Å². The van der Waals surface area contributed by atoms with Crippen LogP contribution in [0, 0.1) is 23.4 Å². The first-order valence-corrected chi connectivity index (χ1v) is 8.01. The fraction of sp³-hybridized carbons (Fsp3) is 0.538. The van der Waals surface area contributed by atoms with Crippen LogP contribution in [0.2, 0.25) is 0 Å². The van der Waals surface area contributed by atoms with E-state index in [0.29, 0.717) is 18.9 Å². The summed E-state index contributed by atoms with van der Waals surface area (Å²) in [6, 6.07) is 1.32. The quantitative estimate of drug-likeness (QED) is 0.864. The van der Waals surface area contributed by atoms with Crippen LogP contribution < -0.4 is 0 Å². The van der Waals surface area contributed by atoms with Crippen LogP contribution in [-0.4, -0.2) is 37.0 Å². The molecule has 1 unspecified atom stereocenters. The number of aliphatic hydroxyl groups is 1. The van der Waals surface area contributed by atoms with E-state index in [1.54, 1.807) is 6.92 Å². The van der Waals surface area contributed by atoms with Crippen LogP contribution in [0.4, 0.5) is 13.2 Å². The molecule has 0 spiro atoms. The highest BCUT2D eigenvalue weighted by atomic mass is 32.2. The Hall–Kier alpha value is -1.12. The second-order valence-electron chi connectivity index (χ2n) is 5.16. The summed E-state index contributed by atoms with van der Waals surface area (Å²) in [4.78, 5) is -0.864. The van der Waals surface area contributed by atoms with E-state index in [1.807, 2.05) is 0 Å². The highest BCUT2D eigenvalue weighted by Gasteiger charge is 2.33. The summed E-state index contributed by atoms with van der Waals surface area (Å²) >= 11 is 0. The van der Waals surface area contributed by atoms with E-state index in [1.165, 1.54) is 0 Å². The highest BCUT2D eigenvalue weighted by Crippen LogP contribution is 2.28. The molecule has 118 valence electrons. The predicted octanol–water partition coefficient (Wildman–Crippen LogP) is 1.89. The minimum Gasteiger partial charge on any atom is -0.393 e. The van der Waals surface area contributed by atoms with Gasteiger partial charge < -0.3 is 5.11 Å². The summed E-state index contributed by atoms with van der Waals surface area (Å²) in [5.41, 5.74) is 0. The number of aliphatic hydroxyl groups excluding tert-OH is 1. The maximum Gasteiger partial charge on any atom is 0.246 e. The zero-order valence-electron chi connectivity index (χ0n) is 11.4. The zero-order valence-corrected chi connectivity index (χ0v) is 12.2. The van der Waals surface area contributed by atoms with E-state index in [9.17, 15) is 26.7 Å². The van der Waals surface area contributed by atoms with Crippen LogP contribution in [0.1, 0.15) is 19.8 Å². The molecule has 0 radical (unpaired) electrons. The molecular weight excluding hydrogens is 307 g/mol. The number of rotatable bonds is 3. The van der Waals surface area contributed by atoms with Crippen molar-refractivity contribution in [2.24, 2.45) is 5.92 Å². The Kier molecular flexibility index (Phi) is 4.60. The van der Waals surface area contributed by atoms with Crippen LogP contribution in [0.3, 0.4) is 0 Å². The lowest BCUT2D eigenvalue weighted by Gasteiger charge is -2.32. The van der Waals surface area contributed by atoms with E-state index in [0.717, 1.165) is 10.4 Å². The predicted molar refractivity (Wildman–Crippen MR) is 69.5 cm³/mol. The molecule has 1 heterocycles. The molecule has 1 saturated heterocycles. The third-order valence-corrected chi connectivity index (χ3v) is 5.71. The van der Waals surface area contributed by atoms with Gasteiger partial charge in [0.05, 0.1) is 6.10 Å². The minimum atomic E-state index is -4.21. The highest BCUT2D eigenvalue weighted by molar-refractivity contribution is 7.89. The molecule has 1 atom stereocenters. The largest absolute Gasteiger partial charge is 0.393 e. The zero-order chi connectivity index (χ0) is 15.8. The molecule has 1 aromatic carbocycles. The first-order chi connectivity index (χ1) is 9.75. The Bertz CT molecular complexity index is 626. The van der Waals surface area contributed by atoms with Crippen molar-refractivity contribution in [2.75, 3.05) is 13.1 Å². The van der Waals surface area contributed by atoms with Gasteiger partial charge in [0, 0.05) is 13.1 Å². The van der Waals surface area contributed by atoms with Gasteiger partial charge in [0.2, 0.25) is 10.0 Å². The number of nitrogens with zero attached hydrogens (tertiary/aromatic N) is 1. The molecule has 8 heteroatoms. The summed E-state index contributed by atoms with van der Waals surface area (Å²) in [6.07, 6.45) is 0.319. The smallest absolute Gasteiger partial charge is 0.246 e. The number of sulfonamides is 1. The molecule has 4 nitrogen and oxygen atoms in total. The number of benzene rings is 1. The first kappa shape index (κ1) is 16.3. The number of halogens is 3. The van der Waals surface area contributed by atoms with Gasteiger partial charge in [-0.25, -0.2) is 21.6 Å². The maximum absolute atomic E-state index is 13.7. The molecule has 0 aromatic heterocycles. The Morgan fingerprint density at radius 3 is 2.29 bits per heavy atom. The Labute approximate surface area is 121 Å². The van der Waals surface area contributed by atoms with Gasteiger partial charge in [0.15, 0.2) is 17.5 Å². The van der Waals surface area contributed by atoms with Gasteiger partial charge in [-0.3, -0.25) is 0 Å². The Balaban J connectivity index is 2.26. The van der Waals surface area contributed by atoms with Crippen molar-refractivity contribution in [1.82, 2.24) is 4.31 Å². The molecule has 0 amide bonds. The number of hydrogen-bond acceptors (Lipinski definition) is 3. The molecule has 1 fully saturated rings. The fourth-order valence-electron chi connectivity index (χ4n) is 2.45. The van der Waals surface area contributed by atoms with Crippen molar-refractivity contribution in [3.05, 3.63) is 29.6 Å². The van der Waals surface area contributed by atoms with E-state index < -0.39 is 38.5 Å². The van der Waals surface area contributed by atoms with Crippen molar-refractivity contribution in [2.45, 2.75) is 30.8 Å². The van der Waals surface area contributed by atoms with Crippen molar-refractivity contribution in [3.8, 4) is 0 Å². The monoisotopic (exact) mass is 323 g/mol. The topological polar surface area (TPSA) is 57.6 Å². The van der Waals surface area contributed by atoms with Gasteiger partial charge in [-0.2, -0.15) is 4.31 Å². The number of piperidine rings is 1. The molecule has 1 N–H and O–H groups in total. The van der Waals surface area contributed by atoms with Gasteiger partial charge in [-0.15, -0.1) is 0 Å². The van der Waals surface area contributed by atoms with E-state index in [4.69, 9.17) is 0 Å². The van der Waals surface area contributed by atoms with Gasteiger partial charge in [-0.1, -0.05) is 0 Å². The Morgan fingerprint density at radius 1 is 1.19 bits per heavy atom. The third kappa shape index (κ3) is 3.07. The van der Waals surface area contributed by atoms with Gasteiger partial charge >= 0.3 is 0 Å². The summed E-state index contributed by atoms with van der Waals surface area (Å²) in [5, 5.41) is 9.48. The molecule has 1 aliphatic heterocycles. The summed E-state index contributed by atoms with van der Waals surface area (Å²) < 4.78 is 65.3. The second kappa shape index (κ2) is 5.94. The molecule has 0 saturated carbocycles. The lowest BCUT2D eigenvalue weighted by Crippen LogP contribution is -2.41. The van der Waals surface area contributed by atoms with Crippen LogP contribution in [0.15, 0.2) is 17.0 Å². The first-order valence-electron chi connectivity index (χ1n) is 6.57. The lowest BCUT2D eigenvalue weighted by molar-refractivity contribution is 0.0911. The van der Waals surface area contributed by atoms with E-state index in [2.05, 4.69) is 0 Å². The van der Waals surface area contributed by atoms with Crippen molar-refractivity contribution >= 4 is 10.0 Å². The number of hydrogen-bond donors (Lipinski definition) is 1. The van der Waals surface area contributed by atoms with Crippen molar-refractivity contribution in [1.29, 1.82) is 0 Å². The SMILES string of the molecule is CC(O)C1CCN(S(=O)(=O)c2ccc(F)c(F)c2F)CC1. The van der Waals surface area contributed by atoms with Gasteiger partial charge in [0.1, 0.15) is 4.90 Å². The maximum atomic E-state index is 13.7. The average Bonchev–Trinajstić information content (AvgIpc) is 2.44. The van der Waals surface area contributed by atoms with Crippen LogP contribution in [-0.2, 0) is 10.0 Å². The normalized spacial score (nSPS) is 19.7. The third-order valence-electron chi connectivity index (χ3n) is 3.80. The second-order valence-corrected chi connectivity index (χ2v) is 7.06. The molecular formula is C13H16F3NO3S. The summed E-state index contributed by atoms with van der Waals surface area (Å²) in [7, 11) is -4.21. The van der Waals surface area contributed by atoms with Crippen LogP contribution >= 0.6 is 0 Å². The summed E-state index contributed by atoms with van der Waals surface area (Å²) in [6.45, 7) is 1.84. The standard InChI is InChI=1S/C13H16F3NO3S/c1-8(18)9-4-6-17(7-5-9)21(19,20)11-3-2-10(14)12(15)13(11)16/h2-3,8-9,18H,4-7H2,1H3. The average molecular weight is 323 g/mol. The molecule has 0 aliphatic carbocycles. The van der Waals surface area contributed by atoms with E-state index >= 15 is 0 Å². The molecule has 1 aliphatic rings. The van der Waals surface area contributed by atoms with Crippen LogP contribution in [0.5, 0.6) is 0 Å². The fourth-order valence-corrected chi connectivity index (χ4v) is 3.97. The molecule has 1 aromatic rings. The van der Waals surface area contributed by atoms with E-state index in [-0.39, 0.29) is 19.0 Å². The lowest BCUT2D eigenvalue weighted by atomic mass is 9.93. The van der Waals surface area contributed by atoms with Gasteiger partial charge in [0.25, 0.3) is 0 Å². The molecule has 21 heavy (non-hydrogen) atoms.